The second kappa shape index (κ2) is 9.02. The highest BCUT2D eigenvalue weighted by Gasteiger charge is 2.34. The van der Waals surface area contributed by atoms with E-state index in [1.54, 1.807) is 0 Å². The van der Waals surface area contributed by atoms with Gasteiger partial charge in [-0.2, -0.15) is 16.8 Å². The molecule has 14 nitrogen and oxygen atoms in total. The number of carbonyl (C=O) groups excluding carboxylic acids is 1. The molecule has 0 amide bonds. The maximum Gasteiger partial charge on any atom is 0.413 e. The Balaban J connectivity index is 0. The summed E-state index contributed by atoms with van der Waals surface area (Å²) in [6.45, 7) is 0. The van der Waals surface area contributed by atoms with Crippen molar-refractivity contribution in [3.8, 4) is 0 Å². The van der Waals surface area contributed by atoms with Crippen LogP contribution in [0.15, 0.2) is 0 Å². The SMILES string of the molecule is O=C[C@H](O)[C@@H](O)[C@H](O)[C@@H](O)C(=O)O.O=S(=O)(O)OS(=O)(=O)O. The third-order valence-electron chi connectivity index (χ3n) is 1.59. The maximum absolute atomic E-state index is 10.1. The zero-order valence-electron chi connectivity index (χ0n) is 10.2. The van der Waals surface area contributed by atoms with E-state index in [2.05, 4.69) is 3.63 Å². The van der Waals surface area contributed by atoms with Gasteiger partial charge in [0.25, 0.3) is 0 Å². The number of hydrogen-bond donors (Lipinski definition) is 7. The lowest BCUT2D eigenvalue weighted by atomic mass is 10.0. The zero-order valence-corrected chi connectivity index (χ0v) is 11.8. The van der Waals surface area contributed by atoms with Gasteiger partial charge in [0.1, 0.15) is 18.3 Å². The van der Waals surface area contributed by atoms with Gasteiger partial charge in [-0.3, -0.25) is 9.11 Å². The van der Waals surface area contributed by atoms with Gasteiger partial charge in [0.05, 0.1) is 0 Å². The molecule has 0 spiro atoms. The molecule has 0 saturated heterocycles. The van der Waals surface area contributed by atoms with E-state index in [4.69, 9.17) is 34.6 Å². The number of hydrogen-bond acceptors (Lipinski definition) is 11. The van der Waals surface area contributed by atoms with Gasteiger partial charge in [-0.25, -0.2) is 4.79 Å². The van der Waals surface area contributed by atoms with Crippen LogP contribution in [0.5, 0.6) is 0 Å². The maximum atomic E-state index is 10.1. The first-order valence-electron chi connectivity index (χ1n) is 4.68. The normalized spacial score (nSPS) is 17.4. The summed E-state index contributed by atoms with van der Waals surface area (Å²) in [6.07, 6.45) is -8.39. The fraction of sp³-hybridized carbons (Fsp3) is 0.667. The number of aliphatic carboxylic acids is 1. The van der Waals surface area contributed by atoms with Gasteiger partial charge in [0, 0.05) is 0 Å². The van der Waals surface area contributed by atoms with E-state index in [0.717, 1.165) is 0 Å². The summed E-state index contributed by atoms with van der Waals surface area (Å²) in [7, 11) is -10.2. The van der Waals surface area contributed by atoms with Crippen molar-refractivity contribution in [3.63, 3.8) is 0 Å². The minimum Gasteiger partial charge on any atom is -0.479 e. The fourth-order valence-electron chi connectivity index (χ4n) is 0.724. The van der Waals surface area contributed by atoms with Crippen LogP contribution in [0.4, 0.5) is 0 Å². The number of carboxylic acid groups (broad SMARTS) is 1. The molecule has 22 heavy (non-hydrogen) atoms. The third kappa shape index (κ3) is 11.4. The molecule has 0 aliphatic carbocycles. The van der Waals surface area contributed by atoms with Crippen molar-refractivity contribution in [1.29, 1.82) is 0 Å². The molecule has 16 heteroatoms. The molecule has 0 rings (SSSR count). The van der Waals surface area contributed by atoms with E-state index in [1.807, 2.05) is 0 Å². The Labute approximate surface area is 123 Å². The lowest BCUT2D eigenvalue weighted by Crippen LogP contribution is -2.48. The molecule has 0 bridgehead atoms. The first-order valence-corrected chi connectivity index (χ1v) is 7.41. The van der Waals surface area contributed by atoms with E-state index in [9.17, 15) is 26.4 Å². The lowest BCUT2D eigenvalue weighted by Gasteiger charge is -2.21. The number of aliphatic hydroxyl groups is 4. The summed E-state index contributed by atoms with van der Waals surface area (Å²) >= 11 is 0. The average molecular weight is 372 g/mol. The van der Waals surface area contributed by atoms with Crippen LogP contribution in [0.3, 0.4) is 0 Å². The van der Waals surface area contributed by atoms with E-state index < -0.39 is 51.2 Å². The largest absolute Gasteiger partial charge is 0.479 e. The van der Waals surface area contributed by atoms with Crippen LogP contribution in [0.2, 0.25) is 0 Å². The van der Waals surface area contributed by atoms with Crippen LogP contribution in [-0.4, -0.2) is 88.1 Å². The second-order valence-corrected chi connectivity index (χ2v) is 5.57. The Morgan fingerprint density at radius 3 is 1.45 bits per heavy atom. The lowest BCUT2D eigenvalue weighted by molar-refractivity contribution is -0.163. The molecule has 0 unspecified atom stereocenters. The van der Waals surface area contributed by atoms with Gasteiger partial charge >= 0.3 is 26.8 Å². The summed E-state index contributed by atoms with van der Waals surface area (Å²) < 4.78 is 55.6. The average Bonchev–Trinajstić information content (AvgIpc) is 2.31. The molecule has 0 radical (unpaired) electrons. The zero-order chi connectivity index (χ0) is 18.3. The van der Waals surface area contributed by atoms with Crippen molar-refractivity contribution in [2.24, 2.45) is 0 Å². The van der Waals surface area contributed by atoms with Crippen LogP contribution >= 0.6 is 0 Å². The highest BCUT2D eigenvalue weighted by Crippen LogP contribution is 2.03. The quantitative estimate of drug-likeness (QED) is 0.164. The Bertz CT molecular complexity index is 532. The Kier molecular flexibility index (Phi) is 9.45. The molecule has 0 aromatic rings. The molecule has 0 saturated carbocycles. The summed E-state index contributed by atoms with van der Waals surface area (Å²) in [5.74, 6) is -1.76. The highest BCUT2D eigenvalue weighted by atomic mass is 32.3. The fourth-order valence-corrected chi connectivity index (χ4v) is 1.59. The van der Waals surface area contributed by atoms with Crippen LogP contribution < -0.4 is 0 Å². The summed E-state index contributed by atoms with van der Waals surface area (Å²) in [6, 6.07) is 0. The molecular formula is C6H12O14S2. The predicted octanol–water partition coefficient (Wildman–Crippen LogP) is -4.68. The van der Waals surface area contributed by atoms with E-state index in [-0.39, 0.29) is 6.29 Å². The topological polar surface area (TPSA) is 253 Å². The van der Waals surface area contributed by atoms with Gasteiger partial charge in [0.2, 0.25) is 0 Å². The molecule has 0 heterocycles. The number of rotatable bonds is 7. The van der Waals surface area contributed by atoms with Gasteiger partial charge in [-0.05, 0) is 0 Å². The molecule has 0 fully saturated rings. The summed E-state index contributed by atoms with van der Waals surface area (Å²) in [5, 5.41) is 43.2. The summed E-state index contributed by atoms with van der Waals surface area (Å²) in [4.78, 5) is 20.0. The van der Waals surface area contributed by atoms with Crippen molar-refractivity contribution in [3.05, 3.63) is 0 Å². The first-order chi connectivity index (χ1) is 9.62. The minimum absolute atomic E-state index is 0.0809. The standard InChI is InChI=1S/C6H10O7.H2O7S2/c7-1-2(8)3(9)4(10)5(11)6(12)13;1-8(2,3)7-9(4,5)6/h1-5,8-11H,(H,12,13);(H,1,2,3)(H,4,5,6)/t2-,3+,4-,5+;/m0./s1. The molecule has 7 N–H and O–H groups in total. The highest BCUT2D eigenvalue weighted by molar-refractivity contribution is 7.94. The predicted molar refractivity (Wildman–Crippen MR) is 61.9 cm³/mol. The van der Waals surface area contributed by atoms with Crippen LogP contribution in [0, 0.1) is 0 Å². The van der Waals surface area contributed by atoms with Crippen molar-refractivity contribution in [2.45, 2.75) is 24.4 Å². The molecule has 4 atom stereocenters. The molecule has 0 aromatic carbocycles. The van der Waals surface area contributed by atoms with Crippen LogP contribution in [-0.2, 0) is 34.0 Å². The molecule has 0 aliphatic heterocycles. The number of carboxylic acids is 1. The smallest absolute Gasteiger partial charge is 0.413 e. The Hall–Kier alpha value is -1.24. The van der Waals surface area contributed by atoms with Crippen LogP contribution in [0.25, 0.3) is 0 Å². The summed E-state index contributed by atoms with van der Waals surface area (Å²) in [5.41, 5.74) is 0. The van der Waals surface area contributed by atoms with Crippen molar-refractivity contribution < 1.29 is 64.7 Å². The minimum atomic E-state index is -5.12. The molecule has 0 aromatic heterocycles. The second-order valence-electron chi connectivity index (χ2n) is 3.31. The van der Waals surface area contributed by atoms with Crippen LogP contribution in [0.1, 0.15) is 0 Å². The van der Waals surface area contributed by atoms with Gasteiger partial charge < -0.3 is 30.3 Å². The van der Waals surface area contributed by atoms with Crippen molar-refractivity contribution in [2.75, 3.05) is 0 Å². The van der Waals surface area contributed by atoms with Crippen molar-refractivity contribution in [1.82, 2.24) is 0 Å². The molecule has 0 aliphatic rings. The van der Waals surface area contributed by atoms with Gasteiger partial charge in [0.15, 0.2) is 12.4 Å². The monoisotopic (exact) mass is 372 g/mol. The first kappa shape index (κ1) is 23.0. The molecule has 132 valence electrons. The van der Waals surface area contributed by atoms with E-state index in [0.29, 0.717) is 0 Å². The number of aldehydes is 1. The Morgan fingerprint density at radius 1 is 0.909 bits per heavy atom. The third-order valence-corrected chi connectivity index (χ3v) is 2.96. The Morgan fingerprint density at radius 2 is 1.27 bits per heavy atom. The number of aliphatic hydroxyl groups excluding tert-OH is 4. The van der Waals surface area contributed by atoms with Gasteiger partial charge in [-0.1, -0.05) is 0 Å². The number of carbonyl (C=O) groups is 2. The molecular weight excluding hydrogens is 360 g/mol. The van der Waals surface area contributed by atoms with E-state index in [1.165, 1.54) is 0 Å². The van der Waals surface area contributed by atoms with E-state index >= 15 is 0 Å². The van der Waals surface area contributed by atoms with Crippen molar-refractivity contribution >= 4 is 33.1 Å². The van der Waals surface area contributed by atoms with Gasteiger partial charge in [-0.15, -0.1) is 3.63 Å².